The van der Waals surface area contributed by atoms with Crippen LogP contribution in [0.2, 0.25) is 0 Å². The zero-order chi connectivity index (χ0) is 13.7. The average Bonchev–Trinajstić information content (AvgIpc) is 2.37. The highest BCUT2D eigenvalue weighted by Crippen LogP contribution is 2.19. The third-order valence-corrected chi connectivity index (χ3v) is 3.67. The third kappa shape index (κ3) is 4.00. The van der Waals surface area contributed by atoms with Crippen LogP contribution in [0, 0.1) is 11.8 Å². The van der Waals surface area contributed by atoms with Crippen molar-refractivity contribution in [1.82, 2.24) is 10.2 Å². The molecule has 1 aliphatic heterocycles. The minimum absolute atomic E-state index is 0.0514. The fourth-order valence-corrected chi connectivity index (χ4v) is 2.19. The quantitative estimate of drug-likeness (QED) is 0.831. The molecule has 4 heteroatoms. The number of nitrogens with one attached hydrogen (secondary N) is 1. The number of piperidine rings is 1. The van der Waals surface area contributed by atoms with Gasteiger partial charge in [-0.2, -0.15) is 0 Å². The lowest BCUT2D eigenvalue weighted by Gasteiger charge is -2.32. The number of hydrogen-bond acceptors (Lipinski definition) is 2. The predicted molar refractivity (Wildman–Crippen MR) is 72.0 cm³/mol. The summed E-state index contributed by atoms with van der Waals surface area (Å²) in [5.41, 5.74) is 0. The van der Waals surface area contributed by atoms with E-state index in [9.17, 15) is 9.59 Å². The summed E-state index contributed by atoms with van der Waals surface area (Å²) in [6.45, 7) is 9.36. The maximum Gasteiger partial charge on any atom is 0.225 e. The number of hydrogen-bond donors (Lipinski definition) is 1. The first-order valence-electron chi connectivity index (χ1n) is 7.04. The van der Waals surface area contributed by atoms with Crippen molar-refractivity contribution >= 4 is 11.8 Å². The van der Waals surface area contributed by atoms with Crippen molar-refractivity contribution in [3.63, 3.8) is 0 Å². The Balaban J connectivity index is 2.39. The molecular weight excluding hydrogens is 228 g/mol. The van der Waals surface area contributed by atoms with Crippen LogP contribution in [0.15, 0.2) is 0 Å². The molecule has 1 unspecified atom stereocenters. The first kappa shape index (κ1) is 15.0. The van der Waals surface area contributed by atoms with Crippen molar-refractivity contribution in [1.29, 1.82) is 0 Å². The summed E-state index contributed by atoms with van der Waals surface area (Å²) in [5.74, 6) is 0.488. The van der Waals surface area contributed by atoms with Gasteiger partial charge in [0.25, 0.3) is 0 Å². The Hall–Kier alpha value is -1.06. The van der Waals surface area contributed by atoms with Crippen LogP contribution in [0.3, 0.4) is 0 Å². The molecule has 0 aromatic carbocycles. The number of rotatable bonds is 4. The van der Waals surface area contributed by atoms with E-state index in [0.717, 1.165) is 32.4 Å². The second-order valence-electron chi connectivity index (χ2n) is 5.57. The number of amides is 2. The molecule has 0 aliphatic carbocycles. The lowest BCUT2D eigenvalue weighted by molar-refractivity contribution is -0.138. The number of carbonyl (C=O) groups is 2. The molecule has 1 atom stereocenters. The van der Waals surface area contributed by atoms with Crippen molar-refractivity contribution in [3.8, 4) is 0 Å². The lowest BCUT2D eigenvalue weighted by Crippen LogP contribution is -2.45. The smallest absolute Gasteiger partial charge is 0.225 e. The normalized spacial score (nSPS) is 18.8. The SMILES string of the molecule is CCC(C)NC(=O)C1CCN(C(=O)C(C)C)CC1. The maximum absolute atomic E-state index is 12.0. The largest absolute Gasteiger partial charge is 0.353 e. The molecule has 2 amide bonds. The van der Waals surface area contributed by atoms with Crippen molar-refractivity contribution in [2.75, 3.05) is 13.1 Å². The number of likely N-dealkylation sites (tertiary alicyclic amines) is 1. The highest BCUT2D eigenvalue weighted by molar-refractivity contribution is 5.80. The fourth-order valence-electron chi connectivity index (χ4n) is 2.19. The van der Waals surface area contributed by atoms with Gasteiger partial charge in [0, 0.05) is 31.0 Å². The average molecular weight is 254 g/mol. The van der Waals surface area contributed by atoms with Crippen LogP contribution in [-0.4, -0.2) is 35.8 Å². The van der Waals surface area contributed by atoms with Gasteiger partial charge >= 0.3 is 0 Å². The molecular formula is C14H26N2O2. The van der Waals surface area contributed by atoms with Gasteiger partial charge in [-0.25, -0.2) is 0 Å². The topological polar surface area (TPSA) is 49.4 Å². The fraction of sp³-hybridized carbons (Fsp3) is 0.857. The third-order valence-electron chi connectivity index (χ3n) is 3.67. The molecule has 1 rings (SSSR count). The van der Waals surface area contributed by atoms with Crippen LogP contribution in [0.1, 0.15) is 47.0 Å². The van der Waals surface area contributed by atoms with Crippen LogP contribution in [0.5, 0.6) is 0 Å². The second kappa shape index (κ2) is 6.76. The van der Waals surface area contributed by atoms with E-state index >= 15 is 0 Å². The second-order valence-corrected chi connectivity index (χ2v) is 5.57. The Morgan fingerprint density at radius 2 is 1.78 bits per heavy atom. The Morgan fingerprint density at radius 3 is 2.22 bits per heavy atom. The van der Waals surface area contributed by atoms with E-state index in [1.54, 1.807) is 0 Å². The molecule has 0 bridgehead atoms. The van der Waals surface area contributed by atoms with Crippen LogP contribution in [-0.2, 0) is 9.59 Å². The van der Waals surface area contributed by atoms with Crippen molar-refractivity contribution in [3.05, 3.63) is 0 Å². The van der Waals surface area contributed by atoms with Gasteiger partial charge in [0.1, 0.15) is 0 Å². The summed E-state index contributed by atoms with van der Waals surface area (Å²) in [4.78, 5) is 25.7. The van der Waals surface area contributed by atoms with E-state index in [4.69, 9.17) is 0 Å². The summed E-state index contributed by atoms with van der Waals surface area (Å²) in [5, 5.41) is 3.02. The summed E-state index contributed by atoms with van der Waals surface area (Å²) in [6, 6.07) is 0.243. The van der Waals surface area contributed by atoms with E-state index in [2.05, 4.69) is 12.2 Å². The minimum atomic E-state index is 0.0514. The number of nitrogens with zero attached hydrogens (tertiary/aromatic N) is 1. The first-order chi connectivity index (χ1) is 8.45. The van der Waals surface area contributed by atoms with Crippen LogP contribution >= 0.6 is 0 Å². The van der Waals surface area contributed by atoms with Gasteiger partial charge in [0.2, 0.25) is 11.8 Å². The molecule has 0 aromatic rings. The molecule has 1 saturated heterocycles. The lowest BCUT2D eigenvalue weighted by atomic mass is 9.94. The molecule has 1 fully saturated rings. The van der Waals surface area contributed by atoms with E-state index in [1.807, 2.05) is 25.7 Å². The van der Waals surface area contributed by atoms with E-state index in [0.29, 0.717) is 0 Å². The van der Waals surface area contributed by atoms with Gasteiger partial charge in [-0.15, -0.1) is 0 Å². The van der Waals surface area contributed by atoms with Gasteiger partial charge in [-0.1, -0.05) is 20.8 Å². The van der Waals surface area contributed by atoms with Crippen molar-refractivity contribution in [2.45, 2.75) is 53.0 Å². The summed E-state index contributed by atoms with van der Waals surface area (Å²) in [6.07, 6.45) is 2.54. The Kier molecular flexibility index (Phi) is 5.63. The van der Waals surface area contributed by atoms with Gasteiger partial charge in [0.05, 0.1) is 0 Å². The highest BCUT2D eigenvalue weighted by atomic mass is 16.2. The molecule has 18 heavy (non-hydrogen) atoms. The molecule has 0 spiro atoms. The van der Waals surface area contributed by atoms with Gasteiger partial charge in [-0.3, -0.25) is 9.59 Å². The molecule has 104 valence electrons. The van der Waals surface area contributed by atoms with E-state index in [1.165, 1.54) is 0 Å². The Bertz CT molecular complexity index is 294. The minimum Gasteiger partial charge on any atom is -0.353 e. The molecule has 1 heterocycles. The summed E-state index contributed by atoms with van der Waals surface area (Å²) in [7, 11) is 0. The molecule has 0 saturated carbocycles. The van der Waals surface area contributed by atoms with Crippen LogP contribution in [0.25, 0.3) is 0 Å². The van der Waals surface area contributed by atoms with Gasteiger partial charge in [-0.05, 0) is 26.2 Å². The van der Waals surface area contributed by atoms with Crippen molar-refractivity contribution < 1.29 is 9.59 Å². The molecule has 1 N–H and O–H groups in total. The predicted octanol–water partition coefficient (Wildman–Crippen LogP) is 1.80. The molecule has 0 radical (unpaired) electrons. The molecule has 1 aliphatic rings. The van der Waals surface area contributed by atoms with E-state index in [-0.39, 0.29) is 29.7 Å². The monoisotopic (exact) mass is 254 g/mol. The maximum atomic E-state index is 12.0. The zero-order valence-corrected chi connectivity index (χ0v) is 12.0. The Labute approximate surface area is 110 Å². The van der Waals surface area contributed by atoms with Gasteiger partial charge < -0.3 is 10.2 Å². The molecule has 4 nitrogen and oxygen atoms in total. The van der Waals surface area contributed by atoms with E-state index < -0.39 is 0 Å². The Morgan fingerprint density at radius 1 is 1.22 bits per heavy atom. The van der Waals surface area contributed by atoms with Crippen LogP contribution < -0.4 is 5.32 Å². The van der Waals surface area contributed by atoms with Crippen LogP contribution in [0.4, 0.5) is 0 Å². The standard InChI is InChI=1S/C14H26N2O2/c1-5-11(4)15-13(17)12-6-8-16(9-7-12)14(18)10(2)3/h10-12H,5-9H2,1-4H3,(H,15,17). The highest BCUT2D eigenvalue weighted by Gasteiger charge is 2.28. The first-order valence-corrected chi connectivity index (χ1v) is 7.04. The van der Waals surface area contributed by atoms with Crippen molar-refractivity contribution in [2.24, 2.45) is 11.8 Å². The summed E-state index contributed by atoms with van der Waals surface area (Å²) < 4.78 is 0. The van der Waals surface area contributed by atoms with Gasteiger partial charge in [0.15, 0.2) is 0 Å². The summed E-state index contributed by atoms with van der Waals surface area (Å²) >= 11 is 0. The molecule has 0 aromatic heterocycles. The zero-order valence-electron chi connectivity index (χ0n) is 12.0. The number of carbonyl (C=O) groups excluding carboxylic acids is 2.